The molecule has 1 N–H and O–H groups in total. The lowest BCUT2D eigenvalue weighted by atomic mass is 9.86. The van der Waals surface area contributed by atoms with Crippen LogP contribution in [0.5, 0.6) is 0 Å². The fourth-order valence-electron chi connectivity index (χ4n) is 3.39. The van der Waals surface area contributed by atoms with Crippen LogP contribution in [0.25, 0.3) is 0 Å². The van der Waals surface area contributed by atoms with Crippen molar-refractivity contribution < 1.29 is 4.92 Å². The molecular formula is C14H18ClN3O2. The second kappa shape index (κ2) is 5.31. The Morgan fingerprint density at radius 3 is 3.00 bits per heavy atom. The van der Waals surface area contributed by atoms with E-state index in [1.165, 1.54) is 18.9 Å². The molecule has 1 aromatic rings. The molecule has 1 aromatic carbocycles. The van der Waals surface area contributed by atoms with E-state index in [0.717, 1.165) is 31.7 Å². The molecule has 0 radical (unpaired) electrons. The minimum absolute atomic E-state index is 0.128. The van der Waals surface area contributed by atoms with Gasteiger partial charge < -0.3 is 5.32 Å². The summed E-state index contributed by atoms with van der Waals surface area (Å²) in [5.41, 5.74) is 1.27. The molecule has 2 fully saturated rings. The maximum atomic E-state index is 11.1. The molecule has 0 saturated carbocycles. The van der Waals surface area contributed by atoms with Crippen molar-refractivity contribution >= 4 is 17.3 Å². The molecule has 3 rings (SSSR count). The Labute approximate surface area is 123 Å². The van der Waals surface area contributed by atoms with Crippen molar-refractivity contribution in [1.82, 2.24) is 10.2 Å². The maximum absolute atomic E-state index is 11.1. The van der Waals surface area contributed by atoms with Gasteiger partial charge >= 0.3 is 0 Å². The van der Waals surface area contributed by atoms with Gasteiger partial charge in [-0.1, -0.05) is 11.6 Å². The van der Waals surface area contributed by atoms with Crippen molar-refractivity contribution in [2.24, 2.45) is 5.41 Å². The molecule has 0 bridgehead atoms. The normalized spacial score (nSPS) is 26.4. The number of nitro groups is 1. The van der Waals surface area contributed by atoms with Gasteiger partial charge in [0.15, 0.2) is 0 Å². The molecule has 5 nitrogen and oxygen atoms in total. The number of benzene rings is 1. The van der Waals surface area contributed by atoms with Gasteiger partial charge in [-0.05, 0) is 43.5 Å². The lowest BCUT2D eigenvalue weighted by molar-refractivity contribution is -0.385. The van der Waals surface area contributed by atoms with E-state index in [2.05, 4.69) is 10.2 Å². The Kier molecular flexibility index (Phi) is 3.67. The molecule has 6 heteroatoms. The maximum Gasteiger partial charge on any atom is 0.275 e. The molecule has 1 atom stereocenters. The lowest BCUT2D eigenvalue weighted by Crippen LogP contribution is -2.29. The molecular weight excluding hydrogens is 278 g/mol. The molecule has 2 saturated heterocycles. The van der Waals surface area contributed by atoms with Crippen molar-refractivity contribution in [3.8, 4) is 0 Å². The SMILES string of the molecule is O=[N+]([O-])c1cc(Cl)ccc1CN1CCC2(CCNC2)C1. The Morgan fingerprint density at radius 2 is 2.30 bits per heavy atom. The zero-order valence-electron chi connectivity index (χ0n) is 11.3. The Hall–Kier alpha value is -1.17. The van der Waals surface area contributed by atoms with Gasteiger partial charge in [0, 0.05) is 36.3 Å². The van der Waals surface area contributed by atoms with Crippen molar-refractivity contribution in [2.45, 2.75) is 19.4 Å². The third-order valence-electron chi connectivity index (χ3n) is 4.49. The zero-order chi connectivity index (χ0) is 14.2. The third kappa shape index (κ3) is 2.66. The van der Waals surface area contributed by atoms with Gasteiger partial charge in [0.2, 0.25) is 0 Å². The lowest BCUT2D eigenvalue weighted by Gasteiger charge is -2.22. The minimum Gasteiger partial charge on any atom is -0.316 e. The first-order valence-corrected chi connectivity index (χ1v) is 7.32. The van der Waals surface area contributed by atoms with E-state index in [1.807, 2.05) is 0 Å². The highest BCUT2D eigenvalue weighted by molar-refractivity contribution is 6.30. The molecule has 1 unspecified atom stereocenters. The number of hydrogen-bond donors (Lipinski definition) is 1. The summed E-state index contributed by atoms with van der Waals surface area (Å²) in [7, 11) is 0. The van der Waals surface area contributed by atoms with Crippen LogP contribution < -0.4 is 5.32 Å². The van der Waals surface area contributed by atoms with Crippen LogP contribution in [-0.4, -0.2) is 36.0 Å². The molecule has 0 aliphatic carbocycles. The van der Waals surface area contributed by atoms with Gasteiger partial charge in [0.25, 0.3) is 5.69 Å². The number of likely N-dealkylation sites (tertiary alicyclic amines) is 1. The summed E-state index contributed by atoms with van der Waals surface area (Å²) in [5.74, 6) is 0. The van der Waals surface area contributed by atoms with Crippen molar-refractivity contribution in [3.63, 3.8) is 0 Å². The molecule has 1 spiro atoms. The summed E-state index contributed by atoms with van der Waals surface area (Å²) in [6, 6.07) is 4.95. The molecule has 20 heavy (non-hydrogen) atoms. The Morgan fingerprint density at radius 1 is 1.45 bits per heavy atom. The predicted octanol–water partition coefficient (Wildman–Crippen LogP) is 2.43. The van der Waals surface area contributed by atoms with Crippen LogP contribution >= 0.6 is 11.6 Å². The quantitative estimate of drug-likeness (QED) is 0.687. The number of rotatable bonds is 3. The van der Waals surface area contributed by atoms with Crippen LogP contribution in [0.2, 0.25) is 5.02 Å². The van der Waals surface area contributed by atoms with Gasteiger partial charge in [0.05, 0.1) is 4.92 Å². The summed E-state index contributed by atoms with van der Waals surface area (Å²) in [4.78, 5) is 13.1. The first-order chi connectivity index (χ1) is 9.58. The summed E-state index contributed by atoms with van der Waals surface area (Å²) in [6.07, 6.45) is 2.40. The van der Waals surface area contributed by atoms with Gasteiger partial charge in [-0.15, -0.1) is 0 Å². The smallest absolute Gasteiger partial charge is 0.275 e. The monoisotopic (exact) mass is 295 g/mol. The third-order valence-corrected chi connectivity index (χ3v) is 4.72. The molecule has 2 aliphatic heterocycles. The van der Waals surface area contributed by atoms with Crippen LogP contribution in [0.4, 0.5) is 5.69 Å². The van der Waals surface area contributed by atoms with E-state index in [0.29, 0.717) is 17.0 Å². The first kappa shape index (κ1) is 13.8. The van der Waals surface area contributed by atoms with E-state index in [9.17, 15) is 10.1 Å². The second-order valence-corrected chi connectivity index (χ2v) is 6.35. The second-order valence-electron chi connectivity index (χ2n) is 5.92. The molecule has 108 valence electrons. The fraction of sp³-hybridized carbons (Fsp3) is 0.571. The summed E-state index contributed by atoms with van der Waals surface area (Å²) in [5, 5.41) is 15.0. The van der Waals surface area contributed by atoms with Gasteiger partial charge in [-0.25, -0.2) is 0 Å². The minimum atomic E-state index is -0.343. The number of nitrogens with one attached hydrogen (secondary N) is 1. The summed E-state index contributed by atoms with van der Waals surface area (Å²) >= 11 is 5.85. The van der Waals surface area contributed by atoms with Gasteiger partial charge in [0.1, 0.15) is 0 Å². The fourth-order valence-corrected chi connectivity index (χ4v) is 3.55. The largest absolute Gasteiger partial charge is 0.316 e. The standard InChI is InChI=1S/C14H18ClN3O2/c15-12-2-1-11(13(7-12)18(19)20)8-17-6-4-14(10-17)3-5-16-9-14/h1-2,7,16H,3-6,8-10H2. The Bertz CT molecular complexity index is 529. The van der Waals surface area contributed by atoms with E-state index in [4.69, 9.17) is 11.6 Å². The topological polar surface area (TPSA) is 58.4 Å². The van der Waals surface area contributed by atoms with Crippen LogP contribution in [0.1, 0.15) is 18.4 Å². The van der Waals surface area contributed by atoms with Crippen molar-refractivity contribution in [3.05, 3.63) is 38.9 Å². The highest BCUT2D eigenvalue weighted by atomic mass is 35.5. The number of hydrogen-bond acceptors (Lipinski definition) is 4. The van der Waals surface area contributed by atoms with Crippen LogP contribution in [0, 0.1) is 15.5 Å². The number of nitrogens with zero attached hydrogens (tertiary/aromatic N) is 2. The summed E-state index contributed by atoms with van der Waals surface area (Å²) < 4.78 is 0. The van der Waals surface area contributed by atoms with E-state index in [-0.39, 0.29) is 10.6 Å². The van der Waals surface area contributed by atoms with E-state index in [1.54, 1.807) is 12.1 Å². The highest BCUT2D eigenvalue weighted by Crippen LogP contribution is 2.37. The van der Waals surface area contributed by atoms with Crippen molar-refractivity contribution in [2.75, 3.05) is 26.2 Å². The van der Waals surface area contributed by atoms with Crippen LogP contribution in [0.15, 0.2) is 18.2 Å². The van der Waals surface area contributed by atoms with Gasteiger partial charge in [-0.2, -0.15) is 0 Å². The molecule has 2 aliphatic rings. The summed E-state index contributed by atoms with van der Waals surface area (Å²) in [6.45, 7) is 4.84. The number of nitro benzene ring substituents is 1. The van der Waals surface area contributed by atoms with Crippen LogP contribution in [0.3, 0.4) is 0 Å². The zero-order valence-corrected chi connectivity index (χ0v) is 12.0. The number of halogens is 1. The van der Waals surface area contributed by atoms with E-state index < -0.39 is 0 Å². The molecule has 2 heterocycles. The van der Waals surface area contributed by atoms with Crippen molar-refractivity contribution in [1.29, 1.82) is 0 Å². The predicted molar refractivity (Wildman–Crippen MR) is 77.9 cm³/mol. The average molecular weight is 296 g/mol. The first-order valence-electron chi connectivity index (χ1n) is 6.94. The Balaban J connectivity index is 1.74. The van der Waals surface area contributed by atoms with Gasteiger partial charge in [-0.3, -0.25) is 15.0 Å². The molecule has 0 aromatic heterocycles. The highest BCUT2D eigenvalue weighted by Gasteiger charge is 2.40. The van der Waals surface area contributed by atoms with E-state index >= 15 is 0 Å². The molecule has 0 amide bonds. The van der Waals surface area contributed by atoms with Crippen LogP contribution in [-0.2, 0) is 6.54 Å². The average Bonchev–Trinajstić information content (AvgIpc) is 3.02.